The highest BCUT2D eigenvalue weighted by Crippen LogP contribution is 2.34. The summed E-state index contributed by atoms with van der Waals surface area (Å²) in [5.74, 6) is -1.14. The number of hydrogen-bond acceptors (Lipinski definition) is 1. The van der Waals surface area contributed by atoms with Crippen molar-refractivity contribution >= 4 is 17.6 Å². The van der Waals surface area contributed by atoms with Gasteiger partial charge in [0.05, 0.1) is 5.56 Å². The molecule has 0 saturated heterocycles. The SMILES string of the molecule is O=C(O)CCc1ccc(Cl)cc1C(F)(F)F. The first kappa shape index (κ1) is 12.8. The van der Waals surface area contributed by atoms with Crippen molar-refractivity contribution in [2.45, 2.75) is 19.0 Å². The average molecular weight is 253 g/mol. The zero-order chi connectivity index (χ0) is 12.3. The number of halogens is 4. The Morgan fingerprint density at radius 2 is 2.00 bits per heavy atom. The van der Waals surface area contributed by atoms with Crippen LogP contribution in [0, 0.1) is 0 Å². The number of carboxylic acid groups (broad SMARTS) is 1. The Hall–Kier alpha value is -1.23. The summed E-state index contributed by atoms with van der Waals surface area (Å²) in [6, 6.07) is 3.32. The van der Waals surface area contributed by atoms with Crippen molar-refractivity contribution in [3.63, 3.8) is 0 Å². The lowest BCUT2D eigenvalue weighted by atomic mass is 10.0. The fraction of sp³-hybridized carbons (Fsp3) is 0.300. The summed E-state index contributed by atoms with van der Waals surface area (Å²) in [5, 5.41) is 8.39. The second-order valence-electron chi connectivity index (χ2n) is 3.19. The molecule has 0 spiro atoms. The van der Waals surface area contributed by atoms with Gasteiger partial charge in [-0.3, -0.25) is 4.79 Å². The normalized spacial score (nSPS) is 11.5. The number of alkyl halides is 3. The quantitative estimate of drug-likeness (QED) is 0.895. The first-order valence-corrected chi connectivity index (χ1v) is 4.76. The van der Waals surface area contributed by atoms with Gasteiger partial charge in [0.1, 0.15) is 0 Å². The van der Waals surface area contributed by atoms with E-state index >= 15 is 0 Å². The monoisotopic (exact) mass is 252 g/mol. The number of benzene rings is 1. The van der Waals surface area contributed by atoms with E-state index in [0.29, 0.717) is 0 Å². The highest BCUT2D eigenvalue weighted by atomic mass is 35.5. The van der Waals surface area contributed by atoms with E-state index in [0.717, 1.165) is 6.07 Å². The summed E-state index contributed by atoms with van der Waals surface area (Å²) >= 11 is 5.47. The number of rotatable bonds is 3. The van der Waals surface area contributed by atoms with Crippen LogP contribution < -0.4 is 0 Å². The molecule has 1 rings (SSSR count). The van der Waals surface area contributed by atoms with E-state index in [9.17, 15) is 18.0 Å². The van der Waals surface area contributed by atoms with E-state index in [-0.39, 0.29) is 23.4 Å². The van der Waals surface area contributed by atoms with E-state index in [1.165, 1.54) is 12.1 Å². The number of carboxylic acids is 1. The molecule has 2 nitrogen and oxygen atoms in total. The lowest BCUT2D eigenvalue weighted by Gasteiger charge is -2.12. The molecule has 0 aliphatic rings. The highest BCUT2D eigenvalue weighted by molar-refractivity contribution is 6.30. The van der Waals surface area contributed by atoms with Crippen molar-refractivity contribution in [2.75, 3.05) is 0 Å². The maximum atomic E-state index is 12.5. The summed E-state index contributed by atoms with van der Waals surface area (Å²) in [6.07, 6.45) is -5.02. The third kappa shape index (κ3) is 3.41. The molecule has 1 N–H and O–H groups in total. The molecule has 1 aromatic carbocycles. The minimum Gasteiger partial charge on any atom is -0.481 e. The molecule has 16 heavy (non-hydrogen) atoms. The van der Waals surface area contributed by atoms with Gasteiger partial charge in [0.15, 0.2) is 0 Å². The van der Waals surface area contributed by atoms with Gasteiger partial charge in [0.2, 0.25) is 0 Å². The van der Waals surface area contributed by atoms with Crippen LogP contribution in [-0.4, -0.2) is 11.1 Å². The molecule has 0 amide bonds. The summed E-state index contributed by atoms with van der Waals surface area (Å²) in [7, 11) is 0. The first-order valence-electron chi connectivity index (χ1n) is 4.38. The van der Waals surface area contributed by atoms with Gasteiger partial charge in [-0.15, -0.1) is 0 Å². The van der Waals surface area contributed by atoms with Gasteiger partial charge in [-0.2, -0.15) is 13.2 Å². The summed E-state index contributed by atoms with van der Waals surface area (Å²) < 4.78 is 37.6. The van der Waals surface area contributed by atoms with E-state index < -0.39 is 17.7 Å². The topological polar surface area (TPSA) is 37.3 Å². The zero-order valence-electron chi connectivity index (χ0n) is 8.01. The van der Waals surface area contributed by atoms with E-state index in [1.807, 2.05) is 0 Å². The zero-order valence-corrected chi connectivity index (χ0v) is 8.77. The lowest BCUT2D eigenvalue weighted by Crippen LogP contribution is -2.10. The van der Waals surface area contributed by atoms with Gasteiger partial charge in [-0.1, -0.05) is 17.7 Å². The summed E-state index contributed by atoms with van der Waals surface area (Å²) in [5.41, 5.74) is -0.930. The Morgan fingerprint density at radius 1 is 1.38 bits per heavy atom. The Kier molecular flexibility index (Phi) is 3.80. The maximum absolute atomic E-state index is 12.5. The Labute approximate surface area is 94.6 Å². The number of aliphatic carboxylic acids is 1. The molecule has 0 heterocycles. The Bertz CT molecular complexity index is 402. The fourth-order valence-electron chi connectivity index (χ4n) is 1.27. The molecule has 0 aliphatic heterocycles. The van der Waals surface area contributed by atoms with Crippen LogP contribution in [0.1, 0.15) is 17.5 Å². The molecule has 0 unspecified atom stereocenters. The Balaban J connectivity index is 3.03. The van der Waals surface area contributed by atoms with Gasteiger partial charge in [-0.05, 0) is 24.1 Å². The molecule has 0 atom stereocenters. The van der Waals surface area contributed by atoms with Crippen molar-refractivity contribution in [1.29, 1.82) is 0 Å². The van der Waals surface area contributed by atoms with Crippen molar-refractivity contribution < 1.29 is 23.1 Å². The van der Waals surface area contributed by atoms with E-state index in [2.05, 4.69) is 0 Å². The molecular weight excluding hydrogens is 245 g/mol. The largest absolute Gasteiger partial charge is 0.481 e. The van der Waals surface area contributed by atoms with E-state index in [4.69, 9.17) is 16.7 Å². The van der Waals surface area contributed by atoms with Crippen molar-refractivity contribution in [1.82, 2.24) is 0 Å². The van der Waals surface area contributed by atoms with Crippen LogP contribution in [0.25, 0.3) is 0 Å². The standard InChI is InChI=1S/C10H8ClF3O2/c11-7-3-1-6(2-4-9(15)16)8(5-7)10(12,13)14/h1,3,5H,2,4H2,(H,15,16). The van der Waals surface area contributed by atoms with Crippen LogP contribution in [0.5, 0.6) is 0 Å². The second kappa shape index (κ2) is 4.74. The minimum atomic E-state index is -4.52. The molecule has 0 fully saturated rings. The van der Waals surface area contributed by atoms with Gasteiger partial charge < -0.3 is 5.11 Å². The Morgan fingerprint density at radius 3 is 2.50 bits per heavy atom. The van der Waals surface area contributed by atoms with Crippen LogP contribution in [0.3, 0.4) is 0 Å². The van der Waals surface area contributed by atoms with Gasteiger partial charge in [0, 0.05) is 11.4 Å². The molecule has 0 saturated carbocycles. The van der Waals surface area contributed by atoms with Gasteiger partial charge in [-0.25, -0.2) is 0 Å². The first-order chi connectivity index (χ1) is 7.30. The molecular formula is C10H8ClF3O2. The fourth-order valence-corrected chi connectivity index (χ4v) is 1.44. The third-order valence-electron chi connectivity index (χ3n) is 1.99. The van der Waals surface area contributed by atoms with Crippen LogP contribution in [0.2, 0.25) is 5.02 Å². The molecule has 1 aromatic rings. The van der Waals surface area contributed by atoms with Crippen molar-refractivity contribution in [2.24, 2.45) is 0 Å². The molecule has 0 aromatic heterocycles. The molecule has 6 heteroatoms. The van der Waals surface area contributed by atoms with Gasteiger partial charge >= 0.3 is 12.1 Å². The van der Waals surface area contributed by atoms with Crippen LogP contribution in [0.4, 0.5) is 13.2 Å². The second-order valence-corrected chi connectivity index (χ2v) is 3.63. The molecule has 88 valence electrons. The minimum absolute atomic E-state index is 0.0219. The molecule has 0 aliphatic carbocycles. The van der Waals surface area contributed by atoms with E-state index in [1.54, 1.807) is 0 Å². The van der Waals surface area contributed by atoms with Gasteiger partial charge in [0.25, 0.3) is 0 Å². The molecule has 0 radical (unpaired) electrons. The predicted molar refractivity (Wildman–Crippen MR) is 52.4 cm³/mol. The summed E-state index contributed by atoms with van der Waals surface area (Å²) in [6.45, 7) is 0. The lowest BCUT2D eigenvalue weighted by molar-refractivity contribution is -0.140. The predicted octanol–water partition coefficient (Wildman–Crippen LogP) is 3.38. The van der Waals surface area contributed by atoms with Crippen LogP contribution in [0.15, 0.2) is 18.2 Å². The maximum Gasteiger partial charge on any atom is 0.416 e. The molecule has 0 bridgehead atoms. The van der Waals surface area contributed by atoms with Crippen LogP contribution in [-0.2, 0) is 17.4 Å². The summed E-state index contributed by atoms with van der Waals surface area (Å²) in [4.78, 5) is 10.3. The number of carbonyl (C=O) groups is 1. The number of aryl methyl sites for hydroxylation is 1. The number of hydrogen-bond donors (Lipinski definition) is 1. The average Bonchev–Trinajstić information content (AvgIpc) is 2.14. The van der Waals surface area contributed by atoms with Crippen molar-refractivity contribution in [3.05, 3.63) is 34.3 Å². The smallest absolute Gasteiger partial charge is 0.416 e. The van der Waals surface area contributed by atoms with Crippen molar-refractivity contribution in [3.8, 4) is 0 Å². The third-order valence-corrected chi connectivity index (χ3v) is 2.22. The van der Waals surface area contributed by atoms with Crippen LogP contribution >= 0.6 is 11.6 Å². The highest BCUT2D eigenvalue weighted by Gasteiger charge is 2.33.